The van der Waals surface area contributed by atoms with Crippen molar-refractivity contribution in [1.29, 1.82) is 0 Å². The SMILES string of the molecule is COCCN(Cc1c(C)nn(C)c1C)C(=O)CCc1ccc(=O)[nH]n1. The first-order chi connectivity index (χ1) is 11.9. The van der Waals surface area contributed by atoms with Crippen LogP contribution in [0.3, 0.4) is 0 Å². The fourth-order valence-corrected chi connectivity index (χ4v) is 2.64. The van der Waals surface area contributed by atoms with Crippen LogP contribution in [0.1, 0.15) is 29.1 Å². The largest absolute Gasteiger partial charge is 0.383 e. The number of aromatic amines is 1. The highest BCUT2D eigenvalue weighted by molar-refractivity contribution is 5.76. The summed E-state index contributed by atoms with van der Waals surface area (Å²) in [5.74, 6) is 0.0210. The van der Waals surface area contributed by atoms with Crippen LogP contribution in [-0.2, 0) is 29.5 Å². The van der Waals surface area contributed by atoms with Crippen molar-refractivity contribution in [3.05, 3.63) is 45.1 Å². The van der Waals surface area contributed by atoms with E-state index in [2.05, 4.69) is 15.3 Å². The third-order valence-corrected chi connectivity index (χ3v) is 4.26. The van der Waals surface area contributed by atoms with Gasteiger partial charge in [0.1, 0.15) is 0 Å². The Hall–Kier alpha value is -2.48. The first-order valence-electron chi connectivity index (χ1n) is 8.22. The number of aryl methyl sites for hydroxylation is 3. The molecule has 2 heterocycles. The monoisotopic (exact) mass is 347 g/mol. The molecule has 8 heteroatoms. The van der Waals surface area contributed by atoms with Crippen LogP contribution < -0.4 is 5.56 Å². The number of hydrogen-bond acceptors (Lipinski definition) is 5. The first kappa shape index (κ1) is 18.9. The van der Waals surface area contributed by atoms with Crippen molar-refractivity contribution >= 4 is 5.91 Å². The van der Waals surface area contributed by atoms with Crippen molar-refractivity contribution in [3.63, 3.8) is 0 Å². The molecule has 25 heavy (non-hydrogen) atoms. The second-order valence-electron chi connectivity index (χ2n) is 5.99. The Labute approximate surface area is 146 Å². The third-order valence-electron chi connectivity index (χ3n) is 4.26. The lowest BCUT2D eigenvalue weighted by atomic mass is 10.1. The molecule has 0 bridgehead atoms. The molecule has 0 spiro atoms. The van der Waals surface area contributed by atoms with E-state index >= 15 is 0 Å². The molecule has 0 unspecified atom stereocenters. The van der Waals surface area contributed by atoms with Gasteiger partial charge in [-0.3, -0.25) is 14.3 Å². The Morgan fingerprint density at radius 2 is 2.12 bits per heavy atom. The topological polar surface area (TPSA) is 93.1 Å². The molecule has 2 aromatic rings. The number of methoxy groups -OCH3 is 1. The standard InChI is InChI=1S/C17H25N5O3/c1-12-15(13(2)21(3)20-12)11-22(9-10-25-4)17(24)8-6-14-5-7-16(23)19-18-14/h5,7H,6,8-11H2,1-4H3,(H,19,23). The normalized spacial score (nSPS) is 10.9. The zero-order chi connectivity index (χ0) is 18.4. The number of carbonyl (C=O) groups is 1. The van der Waals surface area contributed by atoms with E-state index in [1.54, 1.807) is 18.1 Å². The summed E-state index contributed by atoms with van der Waals surface area (Å²) in [5, 5.41) is 10.7. The van der Waals surface area contributed by atoms with Gasteiger partial charge in [-0.15, -0.1) is 0 Å². The van der Waals surface area contributed by atoms with Crippen LogP contribution in [0.4, 0.5) is 0 Å². The van der Waals surface area contributed by atoms with Gasteiger partial charge < -0.3 is 9.64 Å². The lowest BCUT2D eigenvalue weighted by Gasteiger charge is -2.23. The summed E-state index contributed by atoms with van der Waals surface area (Å²) in [7, 11) is 3.52. The van der Waals surface area contributed by atoms with E-state index in [0.717, 1.165) is 17.0 Å². The zero-order valence-corrected chi connectivity index (χ0v) is 15.2. The van der Waals surface area contributed by atoms with Gasteiger partial charge in [-0.1, -0.05) is 0 Å². The van der Waals surface area contributed by atoms with Gasteiger partial charge in [-0.05, 0) is 19.9 Å². The van der Waals surface area contributed by atoms with Gasteiger partial charge in [-0.2, -0.15) is 10.2 Å². The number of nitrogens with one attached hydrogen (secondary N) is 1. The number of H-pyrrole nitrogens is 1. The molecule has 0 aromatic carbocycles. The summed E-state index contributed by atoms with van der Waals surface area (Å²) in [6.07, 6.45) is 0.797. The van der Waals surface area contributed by atoms with Crippen molar-refractivity contribution in [2.75, 3.05) is 20.3 Å². The minimum absolute atomic E-state index is 0.0210. The van der Waals surface area contributed by atoms with Crippen LogP contribution >= 0.6 is 0 Å². The fourth-order valence-electron chi connectivity index (χ4n) is 2.64. The lowest BCUT2D eigenvalue weighted by Crippen LogP contribution is -2.34. The van der Waals surface area contributed by atoms with E-state index < -0.39 is 0 Å². The molecule has 0 atom stereocenters. The van der Waals surface area contributed by atoms with Crippen molar-refractivity contribution in [2.24, 2.45) is 7.05 Å². The van der Waals surface area contributed by atoms with Crippen LogP contribution in [0.5, 0.6) is 0 Å². The Balaban J connectivity index is 2.05. The molecule has 0 saturated carbocycles. The van der Waals surface area contributed by atoms with Gasteiger partial charge in [0.05, 0.1) is 18.0 Å². The number of carbonyl (C=O) groups excluding carboxylic acids is 1. The Kier molecular flexibility index (Phi) is 6.46. The molecule has 2 rings (SSSR count). The zero-order valence-electron chi connectivity index (χ0n) is 15.2. The molecule has 136 valence electrons. The maximum atomic E-state index is 12.7. The first-order valence-corrected chi connectivity index (χ1v) is 8.22. The van der Waals surface area contributed by atoms with E-state index in [0.29, 0.717) is 38.2 Å². The number of amides is 1. The van der Waals surface area contributed by atoms with E-state index in [4.69, 9.17) is 4.74 Å². The summed E-state index contributed by atoms with van der Waals surface area (Å²) < 4.78 is 6.96. The number of nitrogens with zero attached hydrogens (tertiary/aromatic N) is 4. The van der Waals surface area contributed by atoms with Crippen LogP contribution in [0.25, 0.3) is 0 Å². The molecule has 1 amide bonds. The second kappa shape index (κ2) is 8.57. The van der Waals surface area contributed by atoms with Gasteiger partial charge in [-0.25, -0.2) is 5.10 Å². The Bertz CT molecular complexity index is 761. The second-order valence-corrected chi connectivity index (χ2v) is 5.99. The molecule has 0 radical (unpaired) electrons. The highest BCUT2D eigenvalue weighted by Gasteiger charge is 2.18. The van der Waals surface area contributed by atoms with Crippen molar-refractivity contribution in [3.8, 4) is 0 Å². The molecule has 0 fully saturated rings. The van der Waals surface area contributed by atoms with E-state index in [-0.39, 0.29) is 11.5 Å². The van der Waals surface area contributed by atoms with E-state index in [9.17, 15) is 9.59 Å². The van der Waals surface area contributed by atoms with Gasteiger partial charge in [0.15, 0.2) is 0 Å². The number of ether oxygens (including phenoxy) is 1. The molecule has 0 aliphatic heterocycles. The summed E-state index contributed by atoms with van der Waals surface area (Å²) >= 11 is 0. The molecule has 0 aliphatic carbocycles. The van der Waals surface area contributed by atoms with Crippen molar-refractivity contribution < 1.29 is 9.53 Å². The lowest BCUT2D eigenvalue weighted by molar-refractivity contribution is -0.132. The molecular formula is C17H25N5O3. The number of hydrogen-bond donors (Lipinski definition) is 1. The summed E-state index contributed by atoms with van der Waals surface area (Å²) in [5.41, 5.74) is 3.48. The van der Waals surface area contributed by atoms with Crippen molar-refractivity contribution in [1.82, 2.24) is 24.9 Å². The number of rotatable bonds is 8. The summed E-state index contributed by atoms with van der Waals surface area (Å²) in [4.78, 5) is 25.5. The number of aromatic nitrogens is 4. The van der Waals surface area contributed by atoms with Crippen molar-refractivity contribution in [2.45, 2.75) is 33.2 Å². The van der Waals surface area contributed by atoms with Crippen LogP contribution in [0, 0.1) is 13.8 Å². The minimum atomic E-state index is -0.251. The molecule has 1 N–H and O–H groups in total. The average molecular weight is 347 g/mol. The quantitative estimate of drug-likeness (QED) is 0.760. The fraction of sp³-hybridized carbons (Fsp3) is 0.529. The molecular weight excluding hydrogens is 322 g/mol. The van der Waals surface area contributed by atoms with Crippen LogP contribution in [0.15, 0.2) is 16.9 Å². The maximum Gasteiger partial charge on any atom is 0.264 e. The maximum absolute atomic E-state index is 12.7. The highest BCUT2D eigenvalue weighted by atomic mass is 16.5. The van der Waals surface area contributed by atoms with Gasteiger partial charge >= 0.3 is 0 Å². The predicted molar refractivity (Wildman–Crippen MR) is 93.2 cm³/mol. The van der Waals surface area contributed by atoms with E-state index in [1.807, 2.05) is 25.6 Å². The Morgan fingerprint density at radius 1 is 1.36 bits per heavy atom. The summed E-state index contributed by atoms with van der Waals surface area (Å²) in [6.45, 7) is 5.44. The molecule has 0 saturated heterocycles. The van der Waals surface area contributed by atoms with Gasteiger partial charge in [0, 0.05) is 57.4 Å². The van der Waals surface area contributed by atoms with Gasteiger partial charge in [0.25, 0.3) is 5.56 Å². The third kappa shape index (κ3) is 4.99. The molecule has 8 nitrogen and oxygen atoms in total. The predicted octanol–water partition coefficient (Wildman–Crippen LogP) is 0.728. The minimum Gasteiger partial charge on any atom is -0.383 e. The average Bonchev–Trinajstić information content (AvgIpc) is 2.83. The molecule has 0 aliphatic rings. The van der Waals surface area contributed by atoms with Gasteiger partial charge in [0.2, 0.25) is 5.91 Å². The highest BCUT2D eigenvalue weighted by Crippen LogP contribution is 2.15. The van der Waals surface area contributed by atoms with E-state index in [1.165, 1.54) is 6.07 Å². The Morgan fingerprint density at radius 3 is 2.68 bits per heavy atom. The smallest absolute Gasteiger partial charge is 0.264 e. The van der Waals surface area contributed by atoms with Crippen LogP contribution in [-0.4, -0.2) is 51.0 Å². The van der Waals surface area contributed by atoms with Crippen LogP contribution in [0.2, 0.25) is 0 Å². The molecule has 2 aromatic heterocycles. The summed E-state index contributed by atoms with van der Waals surface area (Å²) in [6, 6.07) is 3.05.